The number of carbonyl (C=O) groups excluding carboxylic acids is 1. The SMILES string of the molecule is CCCCOC(=O)CN1CC(C)CC(C)C1. The minimum Gasteiger partial charge on any atom is -0.465 e. The highest BCUT2D eigenvalue weighted by atomic mass is 16.5. The van der Waals surface area contributed by atoms with Crippen LogP contribution in [0.4, 0.5) is 0 Å². The van der Waals surface area contributed by atoms with Gasteiger partial charge < -0.3 is 4.74 Å². The molecule has 1 rings (SSSR count). The van der Waals surface area contributed by atoms with Gasteiger partial charge in [0.1, 0.15) is 0 Å². The van der Waals surface area contributed by atoms with E-state index in [1.54, 1.807) is 0 Å². The van der Waals surface area contributed by atoms with Gasteiger partial charge in [0.25, 0.3) is 0 Å². The van der Waals surface area contributed by atoms with Crippen molar-refractivity contribution < 1.29 is 9.53 Å². The molecule has 0 saturated carbocycles. The van der Waals surface area contributed by atoms with E-state index in [2.05, 4.69) is 25.7 Å². The van der Waals surface area contributed by atoms with Gasteiger partial charge >= 0.3 is 5.97 Å². The van der Waals surface area contributed by atoms with E-state index in [0.29, 0.717) is 25.0 Å². The summed E-state index contributed by atoms with van der Waals surface area (Å²) in [7, 11) is 0. The number of esters is 1. The van der Waals surface area contributed by atoms with Crippen molar-refractivity contribution in [3.05, 3.63) is 0 Å². The van der Waals surface area contributed by atoms with Crippen molar-refractivity contribution in [1.29, 1.82) is 0 Å². The molecule has 1 saturated heterocycles. The van der Waals surface area contributed by atoms with Crippen molar-refractivity contribution in [2.75, 3.05) is 26.2 Å². The van der Waals surface area contributed by atoms with E-state index in [1.807, 2.05) is 0 Å². The number of likely N-dealkylation sites (tertiary alicyclic amines) is 1. The molecule has 2 atom stereocenters. The maximum Gasteiger partial charge on any atom is 0.320 e. The van der Waals surface area contributed by atoms with E-state index in [4.69, 9.17) is 4.74 Å². The zero-order valence-electron chi connectivity index (χ0n) is 10.9. The zero-order chi connectivity index (χ0) is 12.0. The van der Waals surface area contributed by atoms with Gasteiger partial charge in [-0.15, -0.1) is 0 Å². The molecule has 0 aromatic rings. The van der Waals surface area contributed by atoms with Gasteiger partial charge in [0, 0.05) is 13.1 Å². The Kier molecular flexibility index (Phi) is 5.81. The van der Waals surface area contributed by atoms with Crippen molar-refractivity contribution in [3.8, 4) is 0 Å². The number of hydrogen-bond acceptors (Lipinski definition) is 3. The molecule has 3 nitrogen and oxygen atoms in total. The molecule has 1 heterocycles. The average Bonchev–Trinajstić information content (AvgIpc) is 2.16. The molecule has 16 heavy (non-hydrogen) atoms. The maximum absolute atomic E-state index is 11.5. The maximum atomic E-state index is 11.5. The number of piperidine rings is 1. The van der Waals surface area contributed by atoms with Crippen LogP contribution in [-0.2, 0) is 9.53 Å². The molecule has 0 aromatic heterocycles. The molecule has 0 bridgehead atoms. The van der Waals surface area contributed by atoms with E-state index >= 15 is 0 Å². The Labute approximate surface area is 99.1 Å². The predicted molar refractivity (Wildman–Crippen MR) is 65.3 cm³/mol. The van der Waals surface area contributed by atoms with Gasteiger partial charge in [-0.2, -0.15) is 0 Å². The first-order chi connectivity index (χ1) is 7.61. The fraction of sp³-hybridized carbons (Fsp3) is 0.923. The van der Waals surface area contributed by atoms with Crippen molar-refractivity contribution in [2.24, 2.45) is 11.8 Å². The molecule has 0 aliphatic carbocycles. The van der Waals surface area contributed by atoms with Crippen LogP contribution in [0.5, 0.6) is 0 Å². The van der Waals surface area contributed by atoms with Crippen LogP contribution in [0.25, 0.3) is 0 Å². The molecular formula is C13H25NO2. The third kappa shape index (κ3) is 4.97. The Morgan fingerprint density at radius 3 is 2.50 bits per heavy atom. The first-order valence-electron chi connectivity index (χ1n) is 6.49. The lowest BCUT2D eigenvalue weighted by molar-refractivity contribution is -0.145. The third-order valence-corrected chi connectivity index (χ3v) is 3.06. The van der Waals surface area contributed by atoms with E-state index in [1.165, 1.54) is 6.42 Å². The summed E-state index contributed by atoms with van der Waals surface area (Å²) in [6.45, 7) is 9.73. The second-order valence-corrected chi connectivity index (χ2v) is 5.21. The summed E-state index contributed by atoms with van der Waals surface area (Å²) in [5.41, 5.74) is 0. The van der Waals surface area contributed by atoms with Crippen LogP contribution in [0.1, 0.15) is 40.0 Å². The van der Waals surface area contributed by atoms with Crippen LogP contribution < -0.4 is 0 Å². The van der Waals surface area contributed by atoms with Crippen LogP contribution in [0, 0.1) is 11.8 Å². The third-order valence-electron chi connectivity index (χ3n) is 3.06. The second kappa shape index (κ2) is 6.89. The molecule has 0 N–H and O–H groups in total. The summed E-state index contributed by atoms with van der Waals surface area (Å²) in [6.07, 6.45) is 3.32. The Balaban J connectivity index is 2.22. The van der Waals surface area contributed by atoms with Crippen molar-refractivity contribution in [2.45, 2.75) is 40.0 Å². The Hall–Kier alpha value is -0.570. The predicted octanol–water partition coefficient (Wildman–Crippen LogP) is 2.31. The Morgan fingerprint density at radius 1 is 1.31 bits per heavy atom. The first kappa shape index (κ1) is 13.5. The Morgan fingerprint density at radius 2 is 1.94 bits per heavy atom. The zero-order valence-corrected chi connectivity index (χ0v) is 10.9. The van der Waals surface area contributed by atoms with E-state index < -0.39 is 0 Å². The number of unbranched alkanes of at least 4 members (excludes halogenated alkanes) is 1. The van der Waals surface area contributed by atoms with Crippen LogP contribution in [0.15, 0.2) is 0 Å². The number of nitrogens with zero attached hydrogens (tertiary/aromatic N) is 1. The molecule has 3 heteroatoms. The molecule has 2 unspecified atom stereocenters. The van der Waals surface area contributed by atoms with E-state index in [9.17, 15) is 4.79 Å². The molecular weight excluding hydrogens is 202 g/mol. The summed E-state index contributed by atoms with van der Waals surface area (Å²) in [6, 6.07) is 0. The highest BCUT2D eigenvalue weighted by molar-refractivity contribution is 5.71. The van der Waals surface area contributed by atoms with Crippen molar-refractivity contribution in [3.63, 3.8) is 0 Å². The largest absolute Gasteiger partial charge is 0.465 e. The van der Waals surface area contributed by atoms with E-state index in [-0.39, 0.29) is 5.97 Å². The normalized spacial score (nSPS) is 26.7. The van der Waals surface area contributed by atoms with Crippen molar-refractivity contribution >= 4 is 5.97 Å². The van der Waals surface area contributed by atoms with Gasteiger partial charge in [-0.3, -0.25) is 9.69 Å². The molecule has 1 aliphatic rings. The summed E-state index contributed by atoms with van der Waals surface area (Å²) in [5.74, 6) is 1.34. The fourth-order valence-electron chi connectivity index (χ4n) is 2.48. The summed E-state index contributed by atoms with van der Waals surface area (Å²) in [5, 5.41) is 0. The first-order valence-corrected chi connectivity index (χ1v) is 6.49. The minimum atomic E-state index is -0.0604. The van der Waals surface area contributed by atoms with Gasteiger partial charge in [0.05, 0.1) is 13.2 Å². The topological polar surface area (TPSA) is 29.5 Å². The molecule has 0 radical (unpaired) electrons. The van der Waals surface area contributed by atoms with Gasteiger partial charge in [0.2, 0.25) is 0 Å². The minimum absolute atomic E-state index is 0.0604. The highest BCUT2D eigenvalue weighted by Gasteiger charge is 2.23. The van der Waals surface area contributed by atoms with Crippen molar-refractivity contribution in [1.82, 2.24) is 4.90 Å². The standard InChI is InChI=1S/C13H25NO2/c1-4-5-6-16-13(15)10-14-8-11(2)7-12(3)9-14/h11-12H,4-10H2,1-3H3. The fourth-order valence-corrected chi connectivity index (χ4v) is 2.48. The van der Waals surface area contributed by atoms with Crippen LogP contribution in [0.3, 0.4) is 0 Å². The van der Waals surface area contributed by atoms with Gasteiger partial charge in [-0.25, -0.2) is 0 Å². The summed E-state index contributed by atoms with van der Waals surface area (Å²) >= 11 is 0. The lowest BCUT2D eigenvalue weighted by atomic mass is 9.92. The quantitative estimate of drug-likeness (QED) is 0.533. The number of hydrogen-bond donors (Lipinski definition) is 0. The Bertz CT molecular complexity index is 208. The number of carbonyl (C=O) groups is 1. The molecule has 0 spiro atoms. The summed E-state index contributed by atoms with van der Waals surface area (Å²) < 4.78 is 5.18. The monoisotopic (exact) mass is 227 g/mol. The van der Waals surface area contributed by atoms with Gasteiger partial charge in [-0.1, -0.05) is 27.2 Å². The number of ether oxygens (including phenoxy) is 1. The van der Waals surface area contributed by atoms with E-state index in [0.717, 1.165) is 25.9 Å². The summed E-state index contributed by atoms with van der Waals surface area (Å²) in [4.78, 5) is 13.8. The average molecular weight is 227 g/mol. The molecule has 1 aliphatic heterocycles. The molecule has 94 valence electrons. The van der Waals surface area contributed by atoms with Crippen LogP contribution >= 0.6 is 0 Å². The van der Waals surface area contributed by atoms with Gasteiger partial charge in [-0.05, 0) is 24.7 Å². The smallest absolute Gasteiger partial charge is 0.320 e. The van der Waals surface area contributed by atoms with Gasteiger partial charge in [0.15, 0.2) is 0 Å². The second-order valence-electron chi connectivity index (χ2n) is 5.21. The molecule has 0 aromatic carbocycles. The number of rotatable bonds is 5. The molecule has 0 amide bonds. The van der Waals surface area contributed by atoms with Crippen LogP contribution in [-0.4, -0.2) is 37.1 Å². The van der Waals surface area contributed by atoms with Crippen LogP contribution in [0.2, 0.25) is 0 Å². The lowest BCUT2D eigenvalue weighted by Crippen LogP contribution is -2.41. The lowest BCUT2D eigenvalue weighted by Gasteiger charge is -2.34. The molecule has 1 fully saturated rings. The highest BCUT2D eigenvalue weighted by Crippen LogP contribution is 2.20.